The van der Waals surface area contributed by atoms with Crippen LogP contribution >= 0.6 is 0 Å². The monoisotopic (exact) mass is 374 g/mol. The van der Waals surface area contributed by atoms with E-state index in [-0.39, 0.29) is 5.56 Å². The predicted octanol–water partition coefficient (Wildman–Crippen LogP) is 1.76. The van der Waals surface area contributed by atoms with Crippen LogP contribution in [0.4, 0.5) is 13.2 Å². The van der Waals surface area contributed by atoms with E-state index in [9.17, 15) is 22.8 Å². The molecule has 142 valence electrons. The Hall–Kier alpha value is -2.88. The minimum atomic E-state index is -5.08. The second kappa shape index (κ2) is 8.48. The molecule has 0 fully saturated rings. The molecule has 0 saturated heterocycles. The summed E-state index contributed by atoms with van der Waals surface area (Å²) in [4.78, 5) is 32.1. The van der Waals surface area contributed by atoms with Crippen molar-refractivity contribution in [1.29, 1.82) is 0 Å². The molecule has 4 N–H and O–H groups in total. The van der Waals surface area contributed by atoms with Gasteiger partial charge in [0, 0.05) is 18.6 Å². The lowest BCUT2D eigenvalue weighted by molar-refractivity contribution is -0.192. The van der Waals surface area contributed by atoms with Gasteiger partial charge in [0.25, 0.3) is 0 Å². The molecule has 0 amide bonds. The van der Waals surface area contributed by atoms with E-state index in [4.69, 9.17) is 20.7 Å². The molecule has 0 atom stereocenters. The third kappa shape index (κ3) is 5.31. The number of pyridine rings is 1. The largest absolute Gasteiger partial charge is 0.490 e. The Balaban J connectivity index is 0.000000412. The van der Waals surface area contributed by atoms with Crippen LogP contribution in [0, 0.1) is 0 Å². The second-order valence-electron chi connectivity index (χ2n) is 5.33. The van der Waals surface area contributed by atoms with Gasteiger partial charge in [-0.05, 0) is 37.1 Å². The number of fused-ring (bicyclic) bond motifs is 1. The topological polar surface area (TPSA) is 123 Å². The highest BCUT2D eigenvalue weighted by molar-refractivity contribution is 5.92. The number of benzene rings is 1. The molecule has 2 rings (SSSR count). The van der Waals surface area contributed by atoms with E-state index in [1.54, 1.807) is 17.7 Å². The zero-order valence-electron chi connectivity index (χ0n) is 13.7. The number of halogens is 3. The van der Waals surface area contributed by atoms with Crippen LogP contribution in [-0.2, 0) is 18.3 Å². The van der Waals surface area contributed by atoms with Gasteiger partial charge >= 0.3 is 18.1 Å². The van der Waals surface area contributed by atoms with Crippen molar-refractivity contribution < 1.29 is 33.0 Å². The first kappa shape index (κ1) is 21.2. The zero-order chi connectivity index (χ0) is 20.1. The summed E-state index contributed by atoms with van der Waals surface area (Å²) >= 11 is 0. The maximum Gasteiger partial charge on any atom is 0.490 e. The standard InChI is InChI=1S/C14H16N2O3.C2HF3O2/c1-16-8-11(14(18)19)13(17)10-7-9(3-2-6-15)4-5-12(10)16;3-2(4,5)1(6)7/h4-5,7-8H,2-3,6,15H2,1H3,(H,18,19);(H,6,7). The van der Waals surface area contributed by atoms with Crippen molar-refractivity contribution in [3.63, 3.8) is 0 Å². The van der Waals surface area contributed by atoms with Crippen molar-refractivity contribution in [3.05, 3.63) is 45.7 Å². The number of hydrogen-bond acceptors (Lipinski definition) is 4. The van der Waals surface area contributed by atoms with E-state index >= 15 is 0 Å². The van der Waals surface area contributed by atoms with Crippen LogP contribution < -0.4 is 11.2 Å². The molecule has 0 bridgehead atoms. The van der Waals surface area contributed by atoms with E-state index in [2.05, 4.69) is 0 Å². The van der Waals surface area contributed by atoms with E-state index in [1.165, 1.54) is 6.20 Å². The number of aromatic nitrogens is 1. The summed E-state index contributed by atoms with van der Waals surface area (Å²) in [6.07, 6.45) is -2.11. The molecule has 26 heavy (non-hydrogen) atoms. The Morgan fingerprint density at radius 3 is 2.27 bits per heavy atom. The van der Waals surface area contributed by atoms with Gasteiger partial charge < -0.3 is 20.5 Å². The Morgan fingerprint density at radius 1 is 1.23 bits per heavy atom. The number of nitrogens with zero attached hydrogens (tertiary/aromatic N) is 1. The third-order valence-electron chi connectivity index (χ3n) is 3.40. The summed E-state index contributed by atoms with van der Waals surface area (Å²) in [6.45, 7) is 0.589. The molecular weight excluding hydrogens is 357 g/mol. The highest BCUT2D eigenvalue weighted by atomic mass is 19.4. The fraction of sp³-hybridized carbons (Fsp3) is 0.312. The van der Waals surface area contributed by atoms with Crippen molar-refractivity contribution >= 4 is 22.8 Å². The number of aliphatic carboxylic acids is 1. The molecule has 0 aliphatic carbocycles. The summed E-state index contributed by atoms with van der Waals surface area (Å²) in [6, 6.07) is 5.55. The molecular formula is C16H17F3N2O5. The van der Waals surface area contributed by atoms with Gasteiger partial charge in [0.15, 0.2) is 0 Å². The van der Waals surface area contributed by atoms with E-state index in [0.717, 1.165) is 23.9 Å². The highest BCUT2D eigenvalue weighted by Gasteiger charge is 2.38. The summed E-state index contributed by atoms with van der Waals surface area (Å²) in [5, 5.41) is 16.6. The molecule has 0 unspecified atom stereocenters. The number of hydrogen-bond donors (Lipinski definition) is 3. The Kier molecular flexibility index (Phi) is 6.90. The average molecular weight is 374 g/mol. The first-order valence-electron chi connectivity index (χ1n) is 7.34. The smallest absolute Gasteiger partial charge is 0.477 e. The summed E-state index contributed by atoms with van der Waals surface area (Å²) in [5.41, 5.74) is 6.55. The fourth-order valence-corrected chi connectivity index (χ4v) is 2.15. The summed E-state index contributed by atoms with van der Waals surface area (Å²) in [7, 11) is 1.73. The molecule has 0 aliphatic rings. The molecule has 0 radical (unpaired) electrons. The van der Waals surface area contributed by atoms with Crippen LogP contribution in [0.15, 0.2) is 29.2 Å². The number of carboxylic acid groups (broad SMARTS) is 2. The SMILES string of the molecule is Cn1cc(C(=O)O)c(=O)c2cc(CCCN)ccc21.O=C(O)C(F)(F)F. The van der Waals surface area contributed by atoms with Gasteiger partial charge in [-0.15, -0.1) is 0 Å². The number of aryl methyl sites for hydroxylation is 2. The minimum Gasteiger partial charge on any atom is -0.477 e. The Morgan fingerprint density at radius 2 is 1.81 bits per heavy atom. The van der Waals surface area contributed by atoms with Gasteiger partial charge in [-0.2, -0.15) is 13.2 Å². The van der Waals surface area contributed by atoms with Crippen LogP contribution in [0.25, 0.3) is 10.9 Å². The first-order valence-corrected chi connectivity index (χ1v) is 7.34. The number of carboxylic acids is 2. The maximum atomic E-state index is 12.1. The quantitative estimate of drug-likeness (QED) is 0.749. The molecule has 7 nitrogen and oxygen atoms in total. The lowest BCUT2D eigenvalue weighted by Crippen LogP contribution is -2.21. The molecule has 1 heterocycles. The van der Waals surface area contributed by atoms with Gasteiger partial charge in [-0.25, -0.2) is 9.59 Å². The van der Waals surface area contributed by atoms with Gasteiger partial charge in [0.1, 0.15) is 5.56 Å². The summed E-state index contributed by atoms with van der Waals surface area (Å²) < 4.78 is 33.4. The van der Waals surface area contributed by atoms with Gasteiger partial charge in [0.2, 0.25) is 5.43 Å². The van der Waals surface area contributed by atoms with Crippen molar-refractivity contribution in [3.8, 4) is 0 Å². The second-order valence-corrected chi connectivity index (χ2v) is 5.33. The minimum absolute atomic E-state index is 0.203. The number of aromatic carboxylic acids is 1. The van der Waals surface area contributed by atoms with E-state index < -0.39 is 23.5 Å². The molecule has 10 heteroatoms. The number of rotatable bonds is 4. The number of alkyl halides is 3. The lowest BCUT2D eigenvalue weighted by Gasteiger charge is -2.08. The third-order valence-corrected chi connectivity index (χ3v) is 3.40. The summed E-state index contributed by atoms with van der Waals surface area (Å²) in [5.74, 6) is -3.96. The van der Waals surface area contributed by atoms with Crippen molar-refractivity contribution in [1.82, 2.24) is 4.57 Å². The van der Waals surface area contributed by atoms with Gasteiger partial charge in [-0.3, -0.25) is 4.79 Å². The predicted molar refractivity (Wildman–Crippen MR) is 87.2 cm³/mol. The molecule has 1 aromatic carbocycles. The van der Waals surface area contributed by atoms with Gasteiger partial charge in [-0.1, -0.05) is 6.07 Å². The number of carbonyl (C=O) groups is 2. The zero-order valence-corrected chi connectivity index (χ0v) is 13.7. The Bertz CT molecular complexity index is 875. The molecule has 2 aromatic rings. The molecule has 1 aromatic heterocycles. The molecule has 0 saturated carbocycles. The Labute approximate surface area is 145 Å². The van der Waals surface area contributed by atoms with Crippen molar-refractivity contribution in [2.75, 3.05) is 6.54 Å². The molecule has 0 aliphatic heterocycles. The normalized spacial score (nSPS) is 11.0. The van der Waals surface area contributed by atoms with Gasteiger partial charge in [0.05, 0.1) is 5.52 Å². The van der Waals surface area contributed by atoms with Crippen molar-refractivity contribution in [2.24, 2.45) is 12.8 Å². The average Bonchev–Trinajstić information content (AvgIpc) is 2.55. The maximum absolute atomic E-state index is 12.1. The molecule has 0 spiro atoms. The highest BCUT2D eigenvalue weighted by Crippen LogP contribution is 2.15. The van der Waals surface area contributed by atoms with Crippen molar-refractivity contribution in [2.45, 2.75) is 19.0 Å². The van der Waals surface area contributed by atoms with Crippen LogP contribution in [0.2, 0.25) is 0 Å². The lowest BCUT2D eigenvalue weighted by atomic mass is 10.0. The first-order chi connectivity index (χ1) is 12.0. The van der Waals surface area contributed by atoms with Crippen LogP contribution in [0.3, 0.4) is 0 Å². The van der Waals surface area contributed by atoms with E-state index in [1.807, 2.05) is 12.1 Å². The van der Waals surface area contributed by atoms with Crippen LogP contribution in [0.5, 0.6) is 0 Å². The number of nitrogens with two attached hydrogens (primary N) is 1. The fourth-order valence-electron chi connectivity index (χ4n) is 2.15. The van der Waals surface area contributed by atoms with Crippen LogP contribution in [-0.4, -0.2) is 39.4 Å². The van der Waals surface area contributed by atoms with E-state index in [0.29, 0.717) is 11.9 Å². The van der Waals surface area contributed by atoms with Crippen LogP contribution in [0.1, 0.15) is 22.3 Å².